The second-order valence-electron chi connectivity index (χ2n) is 7.01. The summed E-state index contributed by atoms with van der Waals surface area (Å²) in [6.45, 7) is 2.23. The van der Waals surface area contributed by atoms with Gasteiger partial charge in [-0.3, -0.25) is 9.59 Å². The number of aryl methyl sites for hydroxylation is 1. The molecule has 6 nitrogen and oxygen atoms in total. The largest absolute Gasteiger partial charge is 0.360 e. The van der Waals surface area contributed by atoms with Crippen LogP contribution in [0, 0.1) is 18.8 Å². The van der Waals surface area contributed by atoms with Crippen molar-refractivity contribution in [2.75, 3.05) is 10.2 Å². The lowest BCUT2D eigenvalue weighted by Crippen LogP contribution is -2.33. The highest BCUT2D eigenvalue weighted by Gasteiger charge is 2.50. The van der Waals surface area contributed by atoms with E-state index in [-0.39, 0.29) is 23.7 Å². The standard InChI is InChI=1S/C22H21N3O3/c1-15-12-20(24-28-15)23-21(26)18-13-19(18)22(27)25(17-10-6-3-7-11-17)14-16-8-4-2-5-9-16/h2-12,18-19H,13-14H2,1H3,(H,23,24,26). The van der Waals surface area contributed by atoms with Gasteiger partial charge in [-0.1, -0.05) is 53.7 Å². The Morgan fingerprint density at radius 2 is 1.75 bits per heavy atom. The van der Waals surface area contributed by atoms with Gasteiger partial charge in [-0.2, -0.15) is 0 Å². The van der Waals surface area contributed by atoms with Crippen molar-refractivity contribution in [2.45, 2.75) is 19.9 Å². The van der Waals surface area contributed by atoms with Crippen LogP contribution in [0.4, 0.5) is 11.5 Å². The lowest BCUT2D eigenvalue weighted by molar-refractivity contribution is -0.123. The molecule has 2 amide bonds. The second kappa shape index (κ2) is 7.68. The molecular weight excluding hydrogens is 354 g/mol. The minimum atomic E-state index is -0.341. The number of amides is 2. The van der Waals surface area contributed by atoms with Crippen LogP contribution in [0.3, 0.4) is 0 Å². The molecule has 0 radical (unpaired) electrons. The first-order chi connectivity index (χ1) is 13.6. The number of para-hydroxylation sites is 1. The summed E-state index contributed by atoms with van der Waals surface area (Å²) in [5.74, 6) is 0.107. The second-order valence-corrected chi connectivity index (χ2v) is 7.01. The molecule has 1 aromatic heterocycles. The van der Waals surface area contributed by atoms with Crippen molar-refractivity contribution in [3.05, 3.63) is 78.1 Å². The van der Waals surface area contributed by atoms with E-state index in [4.69, 9.17) is 4.52 Å². The molecule has 1 aliphatic carbocycles. The van der Waals surface area contributed by atoms with Crippen molar-refractivity contribution in [3.63, 3.8) is 0 Å². The molecule has 28 heavy (non-hydrogen) atoms. The number of nitrogens with zero attached hydrogens (tertiary/aromatic N) is 2. The molecular formula is C22H21N3O3. The molecule has 0 aliphatic heterocycles. The Labute approximate surface area is 163 Å². The summed E-state index contributed by atoms with van der Waals surface area (Å²) in [7, 11) is 0. The quantitative estimate of drug-likeness (QED) is 0.711. The minimum absolute atomic E-state index is 0.0356. The molecule has 1 heterocycles. The average molecular weight is 375 g/mol. The fraction of sp³-hybridized carbons (Fsp3) is 0.227. The number of carbonyl (C=O) groups excluding carboxylic acids is 2. The highest BCUT2D eigenvalue weighted by molar-refractivity contribution is 6.04. The number of hydrogen-bond acceptors (Lipinski definition) is 4. The van der Waals surface area contributed by atoms with Gasteiger partial charge in [-0.25, -0.2) is 0 Å². The molecule has 0 spiro atoms. The van der Waals surface area contributed by atoms with Crippen molar-refractivity contribution < 1.29 is 14.1 Å². The van der Waals surface area contributed by atoms with Gasteiger partial charge in [0.15, 0.2) is 5.82 Å². The fourth-order valence-electron chi connectivity index (χ4n) is 3.27. The van der Waals surface area contributed by atoms with Crippen molar-refractivity contribution in [2.24, 2.45) is 11.8 Å². The van der Waals surface area contributed by atoms with Crippen molar-refractivity contribution >= 4 is 23.3 Å². The van der Waals surface area contributed by atoms with Crippen LogP contribution in [-0.4, -0.2) is 17.0 Å². The smallest absolute Gasteiger partial charge is 0.231 e. The maximum absolute atomic E-state index is 13.2. The summed E-state index contributed by atoms with van der Waals surface area (Å²) in [4.78, 5) is 27.4. The summed E-state index contributed by atoms with van der Waals surface area (Å²) in [6.07, 6.45) is 0.541. The molecule has 1 aliphatic rings. The Hall–Kier alpha value is -3.41. The maximum atomic E-state index is 13.2. The number of benzene rings is 2. The number of rotatable bonds is 6. The molecule has 6 heteroatoms. The molecule has 0 bridgehead atoms. The van der Waals surface area contributed by atoms with E-state index in [1.807, 2.05) is 60.7 Å². The Kier molecular flexibility index (Phi) is 4.93. The molecule has 2 atom stereocenters. The summed E-state index contributed by atoms with van der Waals surface area (Å²) in [5, 5.41) is 6.50. The van der Waals surface area contributed by atoms with E-state index in [1.54, 1.807) is 17.9 Å². The van der Waals surface area contributed by atoms with Gasteiger partial charge in [-0.15, -0.1) is 0 Å². The molecule has 2 aromatic carbocycles. The van der Waals surface area contributed by atoms with Gasteiger partial charge in [0.2, 0.25) is 11.8 Å². The van der Waals surface area contributed by atoms with E-state index in [9.17, 15) is 9.59 Å². The molecule has 0 saturated heterocycles. The van der Waals surface area contributed by atoms with Gasteiger partial charge in [0.1, 0.15) is 5.76 Å². The Bertz CT molecular complexity index is 969. The number of carbonyl (C=O) groups is 2. The average Bonchev–Trinajstić information content (AvgIpc) is 3.43. The third-order valence-corrected chi connectivity index (χ3v) is 4.84. The highest BCUT2D eigenvalue weighted by atomic mass is 16.5. The van der Waals surface area contributed by atoms with Crippen molar-refractivity contribution in [1.29, 1.82) is 0 Å². The summed E-state index contributed by atoms with van der Waals surface area (Å²) >= 11 is 0. The molecule has 1 saturated carbocycles. The summed E-state index contributed by atoms with van der Waals surface area (Å²) in [5.41, 5.74) is 1.87. The lowest BCUT2D eigenvalue weighted by atomic mass is 10.1. The Morgan fingerprint density at radius 1 is 1.07 bits per heavy atom. The van der Waals surface area contributed by atoms with Gasteiger partial charge in [0, 0.05) is 11.8 Å². The van der Waals surface area contributed by atoms with Crippen LogP contribution >= 0.6 is 0 Å². The number of hydrogen-bond donors (Lipinski definition) is 1. The number of nitrogens with one attached hydrogen (secondary N) is 1. The summed E-state index contributed by atoms with van der Waals surface area (Å²) in [6, 6.07) is 21.1. The van der Waals surface area contributed by atoms with Crippen LogP contribution in [-0.2, 0) is 16.1 Å². The van der Waals surface area contributed by atoms with Crippen LogP contribution < -0.4 is 10.2 Å². The van der Waals surface area contributed by atoms with E-state index in [2.05, 4.69) is 10.5 Å². The zero-order valence-electron chi connectivity index (χ0n) is 15.5. The first-order valence-corrected chi connectivity index (χ1v) is 9.26. The Morgan fingerprint density at radius 3 is 2.39 bits per heavy atom. The van der Waals surface area contributed by atoms with Crippen LogP contribution in [0.2, 0.25) is 0 Å². The topological polar surface area (TPSA) is 75.4 Å². The van der Waals surface area contributed by atoms with Crippen LogP contribution in [0.15, 0.2) is 71.3 Å². The molecule has 1 N–H and O–H groups in total. The third-order valence-electron chi connectivity index (χ3n) is 4.84. The third kappa shape index (κ3) is 3.96. The van der Waals surface area contributed by atoms with E-state index >= 15 is 0 Å². The fourth-order valence-corrected chi connectivity index (χ4v) is 3.27. The Balaban J connectivity index is 1.48. The predicted molar refractivity (Wildman–Crippen MR) is 106 cm³/mol. The highest BCUT2D eigenvalue weighted by Crippen LogP contribution is 2.42. The normalized spacial score (nSPS) is 17.8. The first kappa shape index (κ1) is 18.0. The van der Waals surface area contributed by atoms with E-state index in [0.717, 1.165) is 11.3 Å². The zero-order valence-corrected chi connectivity index (χ0v) is 15.5. The number of anilines is 2. The monoisotopic (exact) mass is 375 g/mol. The lowest BCUT2D eigenvalue weighted by Gasteiger charge is -2.23. The minimum Gasteiger partial charge on any atom is -0.360 e. The van der Waals surface area contributed by atoms with E-state index < -0.39 is 0 Å². The van der Waals surface area contributed by atoms with Gasteiger partial charge < -0.3 is 14.7 Å². The van der Waals surface area contributed by atoms with Crippen molar-refractivity contribution in [1.82, 2.24) is 5.16 Å². The van der Waals surface area contributed by atoms with Gasteiger partial charge in [0.05, 0.1) is 18.4 Å². The zero-order chi connectivity index (χ0) is 19.5. The van der Waals surface area contributed by atoms with E-state index in [1.165, 1.54) is 0 Å². The van der Waals surface area contributed by atoms with Gasteiger partial charge in [-0.05, 0) is 31.0 Å². The molecule has 142 valence electrons. The summed E-state index contributed by atoms with van der Waals surface area (Å²) < 4.78 is 4.96. The van der Waals surface area contributed by atoms with Crippen LogP contribution in [0.25, 0.3) is 0 Å². The van der Waals surface area contributed by atoms with Gasteiger partial charge in [0.25, 0.3) is 0 Å². The molecule has 2 unspecified atom stereocenters. The molecule has 3 aromatic rings. The number of aromatic nitrogens is 1. The maximum Gasteiger partial charge on any atom is 0.231 e. The van der Waals surface area contributed by atoms with Gasteiger partial charge >= 0.3 is 0 Å². The van der Waals surface area contributed by atoms with Crippen LogP contribution in [0.5, 0.6) is 0 Å². The first-order valence-electron chi connectivity index (χ1n) is 9.26. The van der Waals surface area contributed by atoms with E-state index in [0.29, 0.717) is 24.5 Å². The molecule has 4 rings (SSSR count). The predicted octanol–water partition coefficient (Wildman–Crippen LogP) is 3.79. The van der Waals surface area contributed by atoms with Crippen LogP contribution in [0.1, 0.15) is 17.7 Å². The SMILES string of the molecule is Cc1cc(NC(=O)C2CC2C(=O)N(Cc2ccccc2)c2ccccc2)no1. The van der Waals surface area contributed by atoms with Crippen molar-refractivity contribution in [3.8, 4) is 0 Å². The molecule has 1 fully saturated rings.